The smallest absolute Gasteiger partial charge is 0.458 e. The Morgan fingerprint density at radius 1 is 0.590 bits per heavy atom. The van der Waals surface area contributed by atoms with Gasteiger partial charge in [-0.05, 0) is 118 Å². The average molecular weight is 1200 g/mol. The second-order valence-corrected chi connectivity index (χ2v) is 28.9. The number of anilines is 1. The molecule has 0 spiro atoms. The summed E-state index contributed by atoms with van der Waals surface area (Å²) in [6.07, 6.45) is 3.84. The number of aromatic nitrogens is 1. The van der Waals surface area contributed by atoms with Crippen molar-refractivity contribution >= 4 is 57.2 Å². The molecule has 0 radical (unpaired) electrons. The number of hydrogen-bond donors (Lipinski definition) is 3. The first kappa shape index (κ1) is 64.3. The van der Waals surface area contributed by atoms with Gasteiger partial charge in [-0.3, -0.25) is 14.1 Å². The average Bonchev–Trinajstić information content (AvgIpc) is 3.92. The number of carbonyl (C=O) groups excluding carboxylic acids is 4. The van der Waals surface area contributed by atoms with E-state index in [1.54, 1.807) is 42.5 Å². The van der Waals surface area contributed by atoms with Crippen LogP contribution in [0, 0.1) is 64.1 Å². The van der Waals surface area contributed by atoms with E-state index in [9.17, 15) is 22.6 Å². The Bertz CT molecular complexity index is 3400. The zero-order valence-electron chi connectivity index (χ0n) is 51.1. The van der Waals surface area contributed by atoms with Crippen LogP contribution in [0.5, 0.6) is 0 Å². The van der Waals surface area contributed by atoms with Gasteiger partial charge in [-0.2, -0.15) is 8.42 Å². The van der Waals surface area contributed by atoms with E-state index in [1.807, 2.05) is 55.5 Å². The topological polar surface area (TPSA) is 192 Å². The van der Waals surface area contributed by atoms with Gasteiger partial charge in [0.25, 0.3) is 16.0 Å². The van der Waals surface area contributed by atoms with Gasteiger partial charge in [0, 0.05) is 34.8 Å². The molecule has 8 rings (SSSR count). The van der Waals surface area contributed by atoms with Gasteiger partial charge in [-0.1, -0.05) is 194 Å². The third kappa shape index (κ3) is 14.3. The van der Waals surface area contributed by atoms with Crippen LogP contribution in [0.2, 0.25) is 0 Å². The van der Waals surface area contributed by atoms with Crippen molar-refractivity contribution in [2.45, 2.75) is 147 Å². The number of amides is 2. The fraction of sp³-hybridized carbons (Fsp3) is 0.456. The van der Waals surface area contributed by atoms with Gasteiger partial charge in [-0.15, -0.1) is 0 Å². The first-order valence-corrected chi connectivity index (χ1v) is 30.2. The molecule has 2 heterocycles. The van der Waals surface area contributed by atoms with Crippen LogP contribution in [0.25, 0.3) is 22.8 Å². The van der Waals surface area contributed by atoms with Crippen LogP contribution >= 0.6 is 0 Å². The number of nitrogens with one attached hydrogen (secondary N) is 2. The molecule has 83 heavy (non-hydrogen) atoms. The second-order valence-electron chi connectivity index (χ2n) is 27.5. The van der Waals surface area contributed by atoms with Crippen molar-refractivity contribution in [3.63, 3.8) is 0 Å². The number of ether oxygens (including phenoxy) is 2. The summed E-state index contributed by atoms with van der Waals surface area (Å²) in [5.74, 6) is -2.67. The molecule has 15 heteroatoms. The van der Waals surface area contributed by atoms with Crippen molar-refractivity contribution in [1.82, 2.24) is 10.3 Å². The van der Waals surface area contributed by atoms with Crippen LogP contribution in [0.3, 0.4) is 0 Å². The number of aryl methyl sites for hydroxylation is 1. The molecule has 3 aliphatic rings. The molecule has 4 atom stereocenters. The van der Waals surface area contributed by atoms with Crippen molar-refractivity contribution in [2.24, 2.45) is 62.2 Å². The zero-order valence-corrected chi connectivity index (χ0v) is 54.9. The summed E-state index contributed by atoms with van der Waals surface area (Å²) >= 11 is 0. The first-order valence-electron chi connectivity index (χ1n) is 28.8. The van der Waals surface area contributed by atoms with Gasteiger partial charge < -0.3 is 25.1 Å². The molecule has 5 aromatic rings. The summed E-state index contributed by atoms with van der Waals surface area (Å²) in [7, 11) is -4.91. The van der Waals surface area contributed by atoms with Crippen molar-refractivity contribution < 1.29 is 61.1 Å². The van der Waals surface area contributed by atoms with Gasteiger partial charge in [0.2, 0.25) is 0 Å². The molecule has 13 nitrogen and oxygen atoms in total. The van der Waals surface area contributed by atoms with Gasteiger partial charge in [0.1, 0.15) is 28.5 Å². The molecular weight excluding hydrogens is 1110 g/mol. The summed E-state index contributed by atoms with van der Waals surface area (Å²) < 4.78 is 49.7. The number of allylic oxidation sites excluding steroid dienone is 1. The largest absolute Gasteiger partial charge is 2.00 e. The SMILES string of the molecule is Cc1ccccc1C(=O)Nc1[n-]c(C=C2N=C(NC(=O)c3ccccc3S(=O)(=O)O)C(C(=O)OC3C(C(C)(C)C)CC(C)CC3C(C)(C)C)=C2c2ccccc2)c(-c2ccccc2)c1C(=O)OC1C(C(C)(C)C)CC(C)CC1C(C)(C)C.[Zn+2]. The molecule has 4 unspecified atom stereocenters. The quantitative estimate of drug-likeness (QED) is 0.0651. The van der Waals surface area contributed by atoms with Crippen molar-refractivity contribution in [3.8, 4) is 11.1 Å². The summed E-state index contributed by atoms with van der Waals surface area (Å²) in [4.78, 5) is 70.4. The summed E-state index contributed by atoms with van der Waals surface area (Å²) in [6.45, 7) is 32.3. The summed E-state index contributed by atoms with van der Waals surface area (Å²) in [5, 5.41) is 5.80. The van der Waals surface area contributed by atoms with Gasteiger partial charge in [0.15, 0.2) is 5.91 Å². The Morgan fingerprint density at radius 3 is 1.48 bits per heavy atom. The monoisotopic (exact) mass is 1200 g/mol. The minimum atomic E-state index is -4.91. The van der Waals surface area contributed by atoms with E-state index < -0.39 is 56.5 Å². The molecule has 2 saturated carbocycles. The van der Waals surface area contributed by atoms with E-state index >= 15 is 9.59 Å². The molecule has 2 fully saturated rings. The summed E-state index contributed by atoms with van der Waals surface area (Å²) in [6, 6.07) is 30.6. The fourth-order valence-corrected chi connectivity index (χ4v) is 13.5. The van der Waals surface area contributed by atoms with Crippen molar-refractivity contribution in [2.75, 3.05) is 5.32 Å². The third-order valence-corrected chi connectivity index (χ3v) is 18.1. The number of aliphatic imine (C=N–C) groups is 1. The number of amidine groups is 1. The second kappa shape index (κ2) is 24.7. The Labute approximate surface area is 504 Å². The molecule has 0 saturated heterocycles. The number of benzene rings is 4. The molecule has 2 aliphatic carbocycles. The van der Waals surface area contributed by atoms with Crippen molar-refractivity contribution in [3.05, 3.63) is 154 Å². The van der Waals surface area contributed by atoms with Crippen LogP contribution in [0.4, 0.5) is 5.82 Å². The Morgan fingerprint density at radius 2 is 1.01 bits per heavy atom. The molecule has 3 N–H and O–H groups in total. The minimum Gasteiger partial charge on any atom is -0.458 e. The van der Waals surface area contributed by atoms with Crippen LogP contribution in [-0.4, -0.2) is 54.8 Å². The van der Waals surface area contributed by atoms with Crippen LogP contribution < -0.4 is 15.6 Å². The number of hydrogen-bond acceptors (Lipinski definition) is 9. The van der Waals surface area contributed by atoms with E-state index in [1.165, 1.54) is 18.2 Å². The predicted octanol–water partition coefficient (Wildman–Crippen LogP) is 14.7. The fourth-order valence-electron chi connectivity index (χ4n) is 12.8. The van der Waals surface area contributed by atoms with E-state index in [0.29, 0.717) is 39.7 Å². The number of rotatable bonds is 11. The maximum absolute atomic E-state index is 15.8. The van der Waals surface area contributed by atoms with Gasteiger partial charge in [-0.25, -0.2) is 14.6 Å². The van der Waals surface area contributed by atoms with Crippen LogP contribution in [-0.2, 0) is 43.9 Å². The molecule has 2 amide bonds. The van der Waals surface area contributed by atoms with Gasteiger partial charge >= 0.3 is 31.4 Å². The minimum absolute atomic E-state index is 0. The molecule has 0 bridgehead atoms. The molecule has 436 valence electrons. The van der Waals surface area contributed by atoms with Gasteiger partial charge in [0.05, 0.1) is 16.8 Å². The van der Waals surface area contributed by atoms with Crippen LogP contribution in [0.1, 0.15) is 171 Å². The van der Waals surface area contributed by atoms with E-state index in [4.69, 9.17) is 19.5 Å². The molecule has 1 aromatic heterocycles. The first-order chi connectivity index (χ1) is 38.2. The Balaban J connectivity index is 0.00000990. The van der Waals surface area contributed by atoms with E-state index in [0.717, 1.165) is 31.7 Å². The molecule has 4 aromatic carbocycles. The molecule has 1 aliphatic heterocycles. The Hall–Kier alpha value is -6.28. The number of carbonyl (C=O) groups is 4. The molecular formula is C68H83N4O9SZn+. The number of nitrogens with zero attached hydrogens (tertiary/aromatic N) is 2. The van der Waals surface area contributed by atoms with E-state index in [2.05, 4.69) is 108 Å². The van der Waals surface area contributed by atoms with Crippen molar-refractivity contribution in [1.29, 1.82) is 0 Å². The number of esters is 2. The maximum Gasteiger partial charge on any atom is 2.00 e. The Kier molecular flexibility index (Phi) is 19.2. The standard InChI is InChI=1S/C68H84N4O9S.Zn/c1-39-34-46(65(4,5)6)57(47(35-39)66(7,8)9)80-63(75)55-53(42-27-18-16-19-28-42)50(69-59(55)71-61(73)44-31-23-22-26-41(44)3)38-51-54(43-29-20-17-21-30-43)56(60(70-51)72-62(74)45-32-24-25-33-52(45)82(77,78)79)64(76)81-58-48(67(10,11)12)36-40(2)37-49(58)68(13,14)15;/h16-33,38-40,46-49,57-58H,34-37H2,1-15H3,(H4,69,70,71,72,73,74,75,76,77,78,79);/q;+2/p-1. The van der Waals surface area contributed by atoms with Crippen LogP contribution in [0.15, 0.2) is 130 Å². The normalized spacial score (nSPS) is 23.0. The predicted molar refractivity (Wildman–Crippen MR) is 324 cm³/mol. The third-order valence-electron chi connectivity index (χ3n) is 17.2. The summed E-state index contributed by atoms with van der Waals surface area (Å²) in [5.41, 5.74) is 1.50. The van der Waals surface area contributed by atoms with E-state index in [-0.39, 0.29) is 105 Å². The maximum atomic E-state index is 15.8. The zero-order chi connectivity index (χ0) is 60.0.